The molecule has 2 aromatic heterocycles. The number of imidazole rings is 1. The Balaban J connectivity index is 1.44. The Labute approximate surface area is 162 Å². The van der Waals surface area contributed by atoms with Crippen molar-refractivity contribution in [2.45, 2.75) is 13.0 Å². The van der Waals surface area contributed by atoms with Gasteiger partial charge >= 0.3 is 0 Å². The molecule has 0 spiro atoms. The van der Waals surface area contributed by atoms with Gasteiger partial charge in [0.25, 0.3) is 0 Å². The lowest BCUT2D eigenvalue weighted by Gasteiger charge is -2.22. The number of carbonyl (C=O) groups is 1. The van der Waals surface area contributed by atoms with Crippen molar-refractivity contribution < 1.29 is 4.79 Å². The summed E-state index contributed by atoms with van der Waals surface area (Å²) in [5.41, 5.74) is 2.91. The number of fused-ring (bicyclic) bond motifs is 2. The number of nitrogens with zero attached hydrogens (tertiary/aromatic N) is 4. The van der Waals surface area contributed by atoms with E-state index in [1.54, 1.807) is 13.1 Å². The molecule has 27 heavy (non-hydrogen) atoms. The molecule has 0 radical (unpaired) electrons. The number of aryl methyl sites for hydroxylation is 1. The second kappa shape index (κ2) is 5.96. The molecule has 1 saturated heterocycles. The molecule has 7 heteroatoms. The molecule has 1 aliphatic heterocycles. The second-order valence-corrected chi connectivity index (χ2v) is 7.87. The molecule has 1 N–H and O–H groups in total. The molecule has 1 aliphatic carbocycles. The number of hydrogen-bond acceptors (Lipinski definition) is 4. The molecule has 6 nitrogen and oxygen atoms in total. The SMILES string of the molecule is CC(=O)NC1[C@H]2CN(c3cc(-c4nc5ccccc5n4C)c(Cl)cn3)C[C@@H]12. The monoisotopic (exact) mass is 381 g/mol. The van der Waals surface area contributed by atoms with Gasteiger partial charge in [0, 0.05) is 56.7 Å². The first-order valence-corrected chi connectivity index (χ1v) is 9.50. The highest BCUT2D eigenvalue weighted by Gasteiger charge is 2.56. The van der Waals surface area contributed by atoms with Crippen LogP contribution in [0.1, 0.15) is 6.92 Å². The lowest BCUT2D eigenvalue weighted by atomic mass is 10.2. The predicted molar refractivity (Wildman–Crippen MR) is 106 cm³/mol. The van der Waals surface area contributed by atoms with Crippen molar-refractivity contribution in [3.05, 3.63) is 41.6 Å². The Hall–Kier alpha value is -2.60. The normalized spacial score (nSPS) is 23.5. The van der Waals surface area contributed by atoms with Gasteiger partial charge in [-0.05, 0) is 18.2 Å². The molecule has 1 aromatic carbocycles. The molecule has 1 saturated carbocycles. The van der Waals surface area contributed by atoms with Gasteiger partial charge in [0.05, 0.1) is 16.1 Å². The summed E-state index contributed by atoms with van der Waals surface area (Å²) in [5.74, 6) is 2.84. The largest absolute Gasteiger partial charge is 0.356 e. The summed E-state index contributed by atoms with van der Waals surface area (Å²) < 4.78 is 2.06. The summed E-state index contributed by atoms with van der Waals surface area (Å²) in [5, 5.41) is 3.63. The number of rotatable bonds is 3. The van der Waals surface area contributed by atoms with E-state index in [1.807, 2.05) is 31.3 Å². The first-order valence-electron chi connectivity index (χ1n) is 9.12. The minimum atomic E-state index is 0.0507. The predicted octanol–water partition coefficient (Wildman–Crippen LogP) is 2.86. The molecule has 0 bridgehead atoms. The van der Waals surface area contributed by atoms with Crippen molar-refractivity contribution in [1.82, 2.24) is 19.9 Å². The topological polar surface area (TPSA) is 63.1 Å². The minimum Gasteiger partial charge on any atom is -0.356 e. The third kappa shape index (κ3) is 2.67. The van der Waals surface area contributed by atoms with Gasteiger partial charge in [-0.1, -0.05) is 23.7 Å². The van der Waals surface area contributed by atoms with Crippen LogP contribution in [0.2, 0.25) is 5.02 Å². The average Bonchev–Trinajstić information content (AvgIpc) is 2.99. The van der Waals surface area contributed by atoms with Crippen molar-refractivity contribution in [2.75, 3.05) is 18.0 Å². The first-order chi connectivity index (χ1) is 13.0. The standard InChI is InChI=1S/C20H20ClN5O/c1-11(27)23-19-13-9-26(10-14(13)19)18-7-12(15(21)8-22-18)20-24-16-5-3-4-6-17(16)25(20)2/h3-8,13-14,19H,9-10H2,1-2H3,(H,23,27)/t13-,14+,19?. The Kier molecular flexibility index (Phi) is 3.65. The molecule has 3 aromatic rings. The fourth-order valence-electron chi connectivity index (χ4n) is 4.32. The van der Waals surface area contributed by atoms with E-state index < -0.39 is 0 Å². The summed E-state index contributed by atoms with van der Waals surface area (Å²) >= 11 is 6.47. The van der Waals surface area contributed by atoms with Crippen molar-refractivity contribution >= 4 is 34.4 Å². The van der Waals surface area contributed by atoms with E-state index in [1.165, 1.54) is 0 Å². The molecule has 1 unspecified atom stereocenters. The van der Waals surface area contributed by atoms with E-state index in [4.69, 9.17) is 16.6 Å². The van der Waals surface area contributed by atoms with Gasteiger partial charge in [-0.3, -0.25) is 4.79 Å². The molecule has 3 heterocycles. The van der Waals surface area contributed by atoms with Crippen LogP contribution in [0.15, 0.2) is 36.5 Å². The summed E-state index contributed by atoms with van der Waals surface area (Å²) in [4.78, 5) is 22.8. The van der Waals surface area contributed by atoms with Gasteiger partial charge in [0.15, 0.2) is 0 Å². The highest BCUT2D eigenvalue weighted by Crippen LogP contribution is 2.47. The number of carbonyl (C=O) groups excluding carboxylic acids is 1. The molecular weight excluding hydrogens is 362 g/mol. The minimum absolute atomic E-state index is 0.0507. The van der Waals surface area contributed by atoms with Crippen LogP contribution in [-0.2, 0) is 11.8 Å². The lowest BCUT2D eigenvalue weighted by molar-refractivity contribution is -0.119. The molecule has 3 atom stereocenters. The van der Waals surface area contributed by atoms with Gasteiger partial charge < -0.3 is 14.8 Å². The Morgan fingerprint density at radius 2 is 2.00 bits per heavy atom. The number of piperidine rings is 1. The zero-order valence-corrected chi connectivity index (χ0v) is 15.9. The second-order valence-electron chi connectivity index (χ2n) is 7.46. The third-order valence-electron chi connectivity index (χ3n) is 5.76. The zero-order chi connectivity index (χ0) is 18.7. The highest BCUT2D eigenvalue weighted by molar-refractivity contribution is 6.33. The number of nitrogens with one attached hydrogen (secondary N) is 1. The lowest BCUT2D eigenvalue weighted by Crippen LogP contribution is -2.33. The van der Waals surface area contributed by atoms with Gasteiger partial charge in [-0.15, -0.1) is 0 Å². The quantitative estimate of drug-likeness (QED) is 0.757. The summed E-state index contributed by atoms with van der Waals surface area (Å²) in [6.45, 7) is 3.40. The molecular formula is C20H20ClN5O. The van der Waals surface area contributed by atoms with Crippen LogP contribution in [-0.4, -0.2) is 39.6 Å². The Bertz CT molecular complexity index is 1050. The Morgan fingerprint density at radius 1 is 1.26 bits per heavy atom. The van der Waals surface area contributed by atoms with Crippen LogP contribution in [0, 0.1) is 11.8 Å². The maximum absolute atomic E-state index is 11.3. The highest BCUT2D eigenvalue weighted by atomic mass is 35.5. The van der Waals surface area contributed by atoms with Gasteiger partial charge in [-0.25, -0.2) is 9.97 Å². The number of halogens is 1. The van der Waals surface area contributed by atoms with E-state index in [2.05, 4.69) is 25.8 Å². The van der Waals surface area contributed by atoms with Crippen LogP contribution < -0.4 is 10.2 Å². The number of para-hydroxylation sites is 2. The zero-order valence-electron chi connectivity index (χ0n) is 15.2. The van der Waals surface area contributed by atoms with Crippen LogP contribution in [0.25, 0.3) is 22.4 Å². The van der Waals surface area contributed by atoms with Crippen LogP contribution >= 0.6 is 11.6 Å². The molecule has 5 rings (SSSR count). The van der Waals surface area contributed by atoms with Crippen molar-refractivity contribution in [1.29, 1.82) is 0 Å². The van der Waals surface area contributed by atoms with E-state index in [0.717, 1.165) is 41.3 Å². The number of aromatic nitrogens is 3. The maximum atomic E-state index is 11.3. The van der Waals surface area contributed by atoms with E-state index in [0.29, 0.717) is 22.9 Å². The van der Waals surface area contributed by atoms with Crippen molar-refractivity contribution in [3.63, 3.8) is 0 Å². The number of amides is 1. The van der Waals surface area contributed by atoms with Crippen molar-refractivity contribution in [2.24, 2.45) is 18.9 Å². The maximum Gasteiger partial charge on any atom is 0.217 e. The molecule has 2 fully saturated rings. The fraction of sp³-hybridized carbons (Fsp3) is 0.350. The number of hydrogen-bond donors (Lipinski definition) is 1. The van der Waals surface area contributed by atoms with Gasteiger partial charge in [0.2, 0.25) is 5.91 Å². The smallest absolute Gasteiger partial charge is 0.217 e. The van der Waals surface area contributed by atoms with Gasteiger partial charge in [0.1, 0.15) is 11.6 Å². The van der Waals surface area contributed by atoms with E-state index in [-0.39, 0.29) is 5.91 Å². The van der Waals surface area contributed by atoms with Crippen LogP contribution in [0.4, 0.5) is 5.82 Å². The number of benzene rings is 1. The fourth-order valence-corrected chi connectivity index (χ4v) is 4.51. The molecule has 1 amide bonds. The number of anilines is 1. The Morgan fingerprint density at radius 3 is 2.70 bits per heavy atom. The first kappa shape index (κ1) is 16.6. The van der Waals surface area contributed by atoms with Crippen LogP contribution in [0.3, 0.4) is 0 Å². The van der Waals surface area contributed by atoms with Crippen LogP contribution in [0.5, 0.6) is 0 Å². The molecule has 2 aliphatic rings. The summed E-state index contributed by atoms with van der Waals surface area (Å²) in [7, 11) is 2.00. The number of pyridine rings is 1. The molecule has 138 valence electrons. The summed E-state index contributed by atoms with van der Waals surface area (Å²) in [6.07, 6.45) is 1.71. The summed E-state index contributed by atoms with van der Waals surface area (Å²) in [6, 6.07) is 10.4. The van der Waals surface area contributed by atoms with E-state index in [9.17, 15) is 4.79 Å². The third-order valence-corrected chi connectivity index (χ3v) is 6.06. The average molecular weight is 382 g/mol. The van der Waals surface area contributed by atoms with Gasteiger partial charge in [-0.2, -0.15) is 0 Å². The van der Waals surface area contributed by atoms with E-state index >= 15 is 0 Å². The van der Waals surface area contributed by atoms with Crippen molar-refractivity contribution in [3.8, 4) is 11.4 Å².